The van der Waals surface area contributed by atoms with Crippen LogP contribution in [-0.2, 0) is 11.2 Å². The molecule has 0 aliphatic carbocycles. The second-order valence-corrected chi connectivity index (χ2v) is 3.77. The Balaban J connectivity index is 1.95. The lowest BCUT2D eigenvalue weighted by Gasteiger charge is -2.01. The zero-order valence-electron chi connectivity index (χ0n) is 8.27. The molecule has 2 atom stereocenters. The van der Waals surface area contributed by atoms with Crippen LogP contribution >= 0.6 is 0 Å². The van der Waals surface area contributed by atoms with Gasteiger partial charge in [0.15, 0.2) is 5.82 Å². The van der Waals surface area contributed by atoms with Crippen LogP contribution in [0.15, 0.2) is 4.52 Å². The SMILES string of the molecule is C[C@@H](N)c1nc(CC2CCOC2)no1. The minimum absolute atomic E-state index is 0.184. The van der Waals surface area contributed by atoms with Crippen LogP contribution in [0, 0.1) is 5.92 Å². The van der Waals surface area contributed by atoms with Crippen molar-refractivity contribution in [3.05, 3.63) is 11.7 Å². The van der Waals surface area contributed by atoms with Gasteiger partial charge in [0.1, 0.15) is 0 Å². The summed E-state index contributed by atoms with van der Waals surface area (Å²) in [6.45, 7) is 3.49. The predicted octanol–water partition coefficient (Wildman–Crippen LogP) is 0.668. The Bertz CT molecular complexity index is 292. The molecule has 5 heteroatoms. The molecule has 0 spiro atoms. The molecule has 1 saturated heterocycles. The molecule has 0 saturated carbocycles. The van der Waals surface area contributed by atoms with Crippen LogP contribution in [0.3, 0.4) is 0 Å². The third-order valence-corrected chi connectivity index (χ3v) is 2.37. The lowest BCUT2D eigenvalue weighted by molar-refractivity contribution is 0.185. The first kappa shape index (κ1) is 9.61. The van der Waals surface area contributed by atoms with Gasteiger partial charge in [0.05, 0.1) is 6.04 Å². The van der Waals surface area contributed by atoms with E-state index in [2.05, 4.69) is 10.1 Å². The van der Waals surface area contributed by atoms with E-state index in [1.54, 1.807) is 0 Å². The van der Waals surface area contributed by atoms with E-state index in [0.717, 1.165) is 31.9 Å². The zero-order valence-corrected chi connectivity index (χ0v) is 8.27. The van der Waals surface area contributed by atoms with Crippen LogP contribution < -0.4 is 5.73 Å². The first-order valence-electron chi connectivity index (χ1n) is 4.91. The van der Waals surface area contributed by atoms with E-state index in [0.29, 0.717) is 11.8 Å². The summed E-state index contributed by atoms with van der Waals surface area (Å²) in [4.78, 5) is 4.21. The van der Waals surface area contributed by atoms with E-state index in [1.165, 1.54) is 0 Å². The Hall–Kier alpha value is -0.940. The Kier molecular flexibility index (Phi) is 2.79. The molecule has 0 bridgehead atoms. The molecule has 1 unspecified atom stereocenters. The molecular weight excluding hydrogens is 182 g/mol. The van der Waals surface area contributed by atoms with E-state index in [9.17, 15) is 0 Å². The standard InChI is InChI=1S/C9H15N3O2/c1-6(10)9-11-8(12-14-9)4-7-2-3-13-5-7/h6-7H,2-5,10H2,1H3/t6-,7?/m1/s1. The van der Waals surface area contributed by atoms with Crippen LogP contribution in [0.25, 0.3) is 0 Å². The number of aromatic nitrogens is 2. The summed E-state index contributed by atoms with van der Waals surface area (Å²) in [6.07, 6.45) is 1.91. The zero-order chi connectivity index (χ0) is 9.97. The second kappa shape index (κ2) is 4.06. The quantitative estimate of drug-likeness (QED) is 0.770. The number of rotatable bonds is 3. The van der Waals surface area contributed by atoms with E-state index in [-0.39, 0.29) is 6.04 Å². The van der Waals surface area contributed by atoms with Gasteiger partial charge in [-0.25, -0.2) is 0 Å². The monoisotopic (exact) mass is 197 g/mol. The smallest absolute Gasteiger partial charge is 0.243 e. The van der Waals surface area contributed by atoms with Crippen molar-refractivity contribution >= 4 is 0 Å². The van der Waals surface area contributed by atoms with Gasteiger partial charge >= 0.3 is 0 Å². The third-order valence-electron chi connectivity index (χ3n) is 2.37. The normalized spacial score (nSPS) is 24.0. The van der Waals surface area contributed by atoms with Gasteiger partial charge in [0.25, 0.3) is 0 Å². The molecule has 2 N–H and O–H groups in total. The summed E-state index contributed by atoms with van der Waals surface area (Å²) in [5, 5.41) is 3.88. The highest BCUT2D eigenvalue weighted by Gasteiger charge is 2.19. The van der Waals surface area contributed by atoms with E-state index >= 15 is 0 Å². The highest BCUT2D eigenvalue weighted by molar-refractivity contribution is 4.92. The van der Waals surface area contributed by atoms with Crippen molar-refractivity contribution in [2.75, 3.05) is 13.2 Å². The first-order valence-corrected chi connectivity index (χ1v) is 4.91. The molecule has 0 aromatic carbocycles. The molecule has 0 amide bonds. The Morgan fingerprint density at radius 3 is 3.07 bits per heavy atom. The molecule has 0 radical (unpaired) electrons. The fourth-order valence-electron chi connectivity index (χ4n) is 1.54. The molecule has 5 nitrogen and oxygen atoms in total. The molecule has 1 aliphatic heterocycles. The molecule has 1 aliphatic rings. The van der Waals surface area contributed by atoms with Crippen molar-refractivity contribution in [2.45, 2.75) is 25.8 Å². The maximum Gasteiger partial charge on any atom is 0.243 e. The van der Waals surface area contributed by atoms with Gasteiger partial charge in [-0.05, 0) is 19.3 Å². The van der Waals surface area contributed by atoms with Gasteiger partial charge in [0, 0.05) is 19.6 Å². The van der Waals surface area contributed by atoms with Crippen molar-refractivity contribution in [1.29, 1.82) is 0 Å². The van der Waals surface area contributed by atoms with Crippen LogP contribution in [0.1, 0.15) is 31.1 Å². The molecule has 2 rings (SSSR count). The molecule has 1 aromatic heterocycles. The number of hydrogen-bond acceptors (Lipinski definition) is 5. The van der Waals surface area contributed by atoms with Crippen LogP contribution in [0.4, 0.5) is 0 Å². The van der Waals surface area contributed by atoms with Gasteiger partial charge in [-0.2, -0.15) is 4.98 Å². The van der Waals surface area contributed by atoms with Crippen LogP contribution in [0.2, 0.25) is 0 Å². The average Bonchev–Trinajstić information content (AvgIpc) is 2.75. The van der Waals surface area contributed by atoms with Gasteiger partial charge in [-0.15, -0.1) is 0 Å². The fourth-order valence-corrected chi connectivity index (χ4v) is 1.54. The summed E-state index contributed by atoms with van der Waals surface area (Å²) in [6, 6.07) is -0.184. The van der Waals surface area contributed by atoms with Crippen LogP contribution in [0.5, 0.6) is 0 Å². The number of nitrogens with zero attached hydrogens (tertiary/aromatic N) is 2. The largest absolute Gasteiger partial charge is 0.381 e. The topological polar surface area (TPSA) is 74.2 Å². The van der Waals surface area contributed by atoms with Crippen LogP contribution in [-0.4, -0.2) is 23.4 Å². The van der Waals surface area contributed by atoms with E-state index in [1.807, 2.05) is 6.92 Å². The Morgan fingerprint density at radius 1 is 1.64 bits per heavy atom. The minimum atomic E-state index is -0.184. The van der Waals surface area contributed by atoms with Crippen molar-refractivity contribution in [2.24, 2.45) is 11.7 Å². The molecule has 2 heterocycles. The Labute approximate surface area is 82.6 Å². The highest BCUT2D eigenvalue weighted by atomic mass is 16.5. The van der Waals surface area contributed by atoms with Gasteiger partial charge in [-0.1, -0.05) is 5.16 Å². The number of hydrogen-bond donors (Lipinski definition) is 1. The van der Waals surface area contributed by atoms with Crippen molar-refractivity contribution in [3.8, 4) is 0 Å². The Morgan fingerprint density at radius 2 is 2.50 bits per heavy atom. The molecule has 14 heavy (non-hydrogen) atoms. The number of nitrogens with two attached hydrogens (primary N) is 1. The lowest BCUT2D eigenvalue weighted by atomic mass is 10.1. The summed E-state index contributed by atoms with van der Waals surface area (Å²) in [7, 11) is 0. The molecule has 78 valence electrons. The predicted molar refractivity (Wildman–Crippen MR) is 49.5 cm³/mol. The first-order chi connectivity index (χ1) is 6.75. The second-order valence-electron chi connectivity index (χ2n) is 3.77. The molecule has 1 fully saturated rings. The van der Waals surface area contributed by atoms with Crippen molar-refractivity contribution in [1.82, 2.24) is 10.1 Å². The lowest BCUT2D eigenvalue weighted by Crippen LogP contribution is -2.07. The summed E-state index contributed by atoms with van der Waals surface area (Å²) < 4.78 is 10.3. The van der Waals surface area contributed by atoms with Gasteiger partial charge < -0.3 is 15.0 Å². The summed E-state index contributed by atoms with van der Waals surface area (Å²) >= 11 is 0. The van der Waals surface area contributed by atoms with E-state index < -0.39 is 0 Å². The third kappa shape index (κ3) is 2.10. The minimum Gasteiger partial charge on any atom is -0.381 e. The van der Waals surface area contributed by atoms with Gasteiger partial charge in [-0.3, -0.25) is 0 Å². The van der Waals surface area contributed by atoms with Crippen molar-refractivity contribution in [3.63, 3.8) is 0 Å². The summed E-state index contributed by atoms with van der Waals surface area (Å²) in [5.41, 5.74) is 5.61. The number of ether oxygens (including phenoxy) is 1. The molecule has 1 aromatic rings. The fraction of sp³-hybridized carbons (Fsp3) is 0.778. The maximum atomic E-state index is 5.61. The summed E-state index contributed by atoms with van der Waals surface area (Å²) in [5.74, 6) is 1.79. The van der Waals surface area contributed by atoms with Crippen molar-refractivity contribution < 1.29 is 9.26 Å². The highest BCUT2D eigenvalue weighted by Crippen LogP contribution is 2.17. The van der Waals surface area contributed by atoms with E-state index in [4.69, 9.17) is 15.0 Å². The van der Waals surface area contributed by atoms with Gasteiger partial charge in [0.2, 0.25) is 5.89 Å². The average molecular weight is 197 g/mol. The molecular formula is C9H15N3O2. The maximum absolute atomic E-state index is 5.61.